The number of rotatable bonds is 0. The first kappa shape index (κ1) is 8.88. The van der Waals surface area contributed by atoms with Crippen molar-refractivity contribution in [2.24, 2.45) is 0 Å². The molecule has 1 aliphatic rings. The minimum atomic E-state index is 0.321. The Morgan fingerprint density at radius 1 is 0.706 bits per heavy atom. The molecule has 1 aliphatic heterocycles. The van der Waals surface area contributed by atoms with Crippen molar-refractivity contribution in [3.8, 4) is 11.5 Å². The van der Waals surface area contributed by atoms with E-state index in [-0.39, 0.29) is 0 Å². The lowest BCUT2D eigenvalue weighted by atomic mass is 10.0. The van der Waals surface area contributed by atoms with Crippen LogP contribution in [0.15, 0.2) is 48.5 Å². The van der Waals surface area contributed by atoms with Crippen LogP contribution in [0.5, 0.6) is 11.5 Å². The van der Waals surface area contributed by atoms with E-state index in [4.69, 9.17) is 9.47 Å². The van der Waals surface area contributed by atoms with Crippen LogP contribution in [0.3, 0.4) is 0 Å². The summed E-state index contributed by atoms with van der Waals surface area (Å²) in [6, 6.07) is 16.7. The first-order valence-electron chi connectivity index (χ1n) is 5.63. The first-order valence-corrected chi connectivity index (χ1v) is 5.63. The molecule has 0 aromatic heterocycles. The van der Waals surface area contributed by atoms with Crippen molar-refractivity contribution in [1.82, 2.24) is 0 Å². The lowest BCUT2D eigenvalue weighted by molar-refractivity contribution is 0.175. The van der Waals surface area contributed by atoms with Gasteiger partial charge >= 0.3 is 0 Å². The number of fused-ring (bicyclic) bond motifs is 5. The van der Waals surface area contributed by atoms with E-state index in [1.807, 2.05) is 6.07 Å². The smallest absolute Gasteiger partial charge is 0.231 e. The summed E-state index contributed by atoms with van der Waals surface area (Å²) in [7, 11) is 0. The van der Waals surface area contributed by atoms with Crippen LogP contribution in [0.1, 0.15) is 0 Å². The van der Waals surface area contributed by atoms with Crippen LogP contribution in [0.25, 0.3) is 21.5 Å². The summed E-state index contributed by atoms with van der Waals surface area (Å²) in [5.74, 6) is 1.71. The molecular weight excluding hydrogens is 212 g/mol. The highest BCUT2D eigenvalue weighted by molar-refractivity contribution is 6.10. The maximum absolute atomic E-state index is 5.54. The van der Waals surface area contributed by atoms with Crippen molar-refractivity contribution in [1.29, 1.82) is 0 Å². The van der Waals surface area contributed by atoms with Gasteiger partial charge < -0.3 is 9.47 Å². The van der Waals surface area contributed by atoms with Crippen LogP contribution in [-0.2, 0) is 0 Å². The number of hydrogen-bond acceptors (Lipinski definition) is 2. The Labute approximate surface area is 98.4 Å². The van der Waals surface area contributed by atoms with E-state index in [9.17, 15) is 0 Å². The van der Waals surface area contributed by atoms with Crippen LogP contribution in [-0.4, -0.2) is 6.79 Å². The third-order valence-electron chi connectivity index (χ3n) is 3.26. The summed E-state index contributed by atoms with van der Waals surface area (Å²) < 4.78 is 10.9. The molecule has 1 heterocycles. The summed E-state index contributed by atoms with van der Waals surface area (Å²) in [6.45, 7) is 0.321. The Bertz CT molecular complexity index is 731. The van der Waals surface area contributed by atoms with E-state index in [0.717, 1.165) is 16.9 Å². The number of ether oxygens (including phenoxy) is 2. The fourth-order valence-electron chi connectivity index (χ4n) is 2.46. The van der Waals surface area contributed by atoms with E-state index >= 15 is 0 Å². The topological polar surface area (TPSA) is 18.5 Å². The summed E-state index contributed by atoms with van der Waals surface area (Å²) in [5, 5.41) is 4.84. The van der Waals surface area contributed by atoms with Crippen molar-refractivity contribution in [3.63, 3.8) is 0 Å². The number of benzene rings is 3. The molecule has 82 valence electrons. The van der Waals surface area contributed by atoms with Gasteiger partial charge in [0.05, 0.1) is 0 Å². The van der Waals surface area contributed by atoms with Crippen molar-refractivity contribution in [3.05, 3.63) is 48.5 Å². The Hall–Kier alpha value is -2.22. The zero-order chi connectivity index (χ0) is 11.2. The van der Waals surface area contributed by atoms with Crippen molar-refractivity contribution in [2.75, 3.05) is 6.79 Å². The van der Waals surface area contributed by atoms with Crippen LogP contribution >= 0.6 is 0 Å². The van der Waals surface area contributed by atoms with Gasteiger partial charge in [0.2, 0.25) is 6.79 Å². The second-order valence-corrected chi connectivity index (χ2v) is 4.18. The largest absolute Gasteiger partial charge is 0.454 e. The Morgan fingerprint density at radius 3 is 2.59 bits per heavy atom. The van der Waals surface area contributed by atoms with Gasteiger partial charge in [-0.2, -0.15) is 0 Å². The molecule has 0 N–H and O–H groups in total. The Morgan fingerprint density at radius 2 is 1.59 bits per heavy atom. The van der Waals surface area contributed by atoms with Gasteiger partial charge in [-0.25, -0.2) is 0 Å². The van der Waals surface area contributed by atoms with Gasteiger partial charge in [0, 0.05) is 5.39 Å². The summed E-state index contributed by atoms with van der Waals surface area (Å²) in [5.41, 5.74) is 0. The van der Waals surface area contributed by atoms with Gasteiger partial charge in [0.1, 0.15) is 0 Å². The third kappa shape index (κ3) is 1.15. The Kier molecular flexibility index (Phi) is 1.64. The molecule has 0 radical (unpaired) electrons. The van der Waals surface area contributed by atoms with Gasteiger partial charge in [-0.1, -0.05) is 30.3 Å². The Balaban J connectivity index is 2.22. The van der Waals surface area contributed by atoms with E-state index < -0.39 is 0 Å². The monoisotopic (exact) mass is 222 g/mol. The summed E-state index contributed by atoms with van der Waals surface area (Å²) in [6.07, 6.45) is 0. The number of hydrogen-bond donors (Lipinski definition) is 0. The zero-order valence-electron chi connectivity index (χ0n) is 9.14. The predicted octanol–water partition coefficient (Wildman–Crippen LogP) is 3.72. The third-order valence-corrected chi connectivity index (χ3v) is 3.26. The van der Waals surface area contributed by atoms with Crippen LogP contribution in [0, 0.1) is 0 Å². The highest BCUT2D eigenvalue weighted by Crippen LogP contribution is 2.41. The molecule has 0 unspecified atom stereocenters. The van der Waals surface area contributed by atoms with Gasteiger partial charge in [0.15, 0.2) is 11.5 Å². The molecule has 0 bridgehead atoms. The van der Waals surface area contributed by atoms with E-state index in [1.54, 1.807) is 0 Å². The average Bonchev–Trinajstić information content (AvgIpc) is 2.86. The molecule has 3 aromatic rings. The van der Waals surface area contributed by atoms with Crippen molar-refractivity contribution < 1.29 is 9.47 Å². The molecule has 0 aliphatic carbocycles. The fraction of sp³-hybridized carbons (Fsp3) is 0.0667. The standard InChI is InChI=1S/C15H10O2/c1-2-4-11-10(3-1)5-6-13-12(11)7-8-14-15(13)17-9-16-14/h1-8H,9H2. The highest BCUT2D eigenvalue weighted by Gasteiger charge is 2.16. The lowest BCUT2D eigenvalue weighted by Gasteiger charge is -2.06. The molecule has 0 saturated carbocycles. The van der Waals surface area contributed by atoms with Crippen LogP contribution in [0.2, 0.25) is 0 Å². The molecule has 0 amide bonds. The molecule has 3 aromatic carbocycles. The summed E-state index contributed by atoms with van der Waals surface area (Å²) in [4.78, 5) is 0. The van der Waals surface area contributed by atoms with Gasteiger partial charge in [-0.3, -0.25) is 0 Å². The lowest BCUT2D eigenvalue weighted by Crippen LogP contribution is -1.93. The SMILES string of the molecule is c1ccc2c(c1)ccc1c3c(ccc12)OCO3. The maximum atomic E-state index is 5.54. The molecule has 0 saturated heterocycles. The molecule has 4 rings (SSSR count). The van der Waals surface area contributed by atoms with E-state index in [2.05, 4.69) is 42.5 Å². The fourth-order valence-corrected chi connectivity index (χ4v) is 2.46. The maximum Gasteiger partial charge on any atom is 0.231 e. The van der Waals surface area contributed by atoms with Crippen LogP contribution in [0.4, 0.5) is 0 Å². The molecule has 0 atom stereocenters. The normalized spacial score (nSPS) is 13.4. The molecule has 2 heteroatoms. The average molecular weight is 222 g/mol. The van der Waals surface area contributed by atoms with Gasteiger partial charge in [-0.15, -0.1) is 0 Å². The predicted molar refractivity (Wildman–Crippen MR) is 67.6 cm³/mol. The molecule has 0 spiro atoms. The van der Waals surface area contributed by atoms with E-state index in [0.29, 0.717) is 6.79 Å². The zero-order valence-corrected chi connectivity index (χ0v) is 9.14. The minimum Gasteiger partial charge on any atom is -0.454 e. The second-order valence-electron chi connectivity index (χ2n) is 4.18. The molecule has 17 heavy (non-hydrogen) atoms. The molecule has 2 nitrogen and oxygen atoms in total. The van der Waals surface area contributed by atoms with Crippen molar-refractivity contribution in [2.45, 2.75) is 0 Å². The second kappa shape index (κ2) is 3.14. The quantitative estimate of drug-likeness (QED) is 0.540. The van der Waals surface area contributed by atoms with Gasteiger partial charge in [-0.05, 0) is 34.4 Å². The van der Waals surface area contributed by atoms with Crippen molar-refractivity contribution >= 4 is 21.5 Å². The van der Waals surface area contributed by atoms with Crippen LogP contribution < -0.4 is 9.47 Å². The minimum absolute atomic E-state index is 0.321. The van der Waals surface area contributed by atoms with E-state index in [1.165, 1.54) is 16.2 Å². The summed E-state index contributed by atoms with van der Waals surface area (Å²) >= 11 is 0. The van der Waals surface area contributed by atoms with Gasteiger partial charge in [0.25, 0.3) is 0 Å². The molecular formula is C15H10O2. The molecule has 0 fully saturated rings. The first-order chi connectivity index (χ1) is 8.43. The highest BCUT2D eigenvalue weighted by atomic mass is 16.7.